The molecule has 1 aromatic rings. The van der Waals surface area contributed by atoms with E-state index in [2.05, 4.69) is 12.1 Å². The van der Waals surface area contributed by atoms with E-state index in [4.69, 9.17) is 5.73 Å². The van der Waals surface area contributed by atoms with E-state index in [-0.39, 0.29) is 5.54 Å². The highest BCUT2D eigenvalue weighted by Gasteiger charge is 2.29. The van der Waals surface area contributed by atoms with Crippen molar-refractivity contribution in [2.45, 2.75) is 57.1 Å². The van der Waals surface area contributed by atoms with Crippen LogP contribution in [0.5, 0.6) is 0 Å². The third-order valence-corrected chi connectivity index (χ3v) is 3.91. The van der Waals surface area contributed by atoms with Gasteiger partial charge in [-0.3, -0.25) is 0 Å². The van der Waals surface area contributed by atoms with E-state index in [1.54, 1.807) is 13.8 Å². The van der Waals surface area contributed by atoms with Gasteiger partial charge < -0.3 is 10.8 Å². The molecule has 0 bridgehead atoms. The first kappa shape index (κ1) is 12.6. The molecular weight excluding hydrogens is 210 g/mol. The van der Waals surface area contributed by atoms with E-state index in [0.29, 0.717) is 0 Å². The minimum atomic E-state index is -0.771. The molecule has 2 nitrogen and oxygen atoms in total. The maximum atomic E-state index is 9.92. The monoisotopic (exact) mass is 233 g/mol. The normalized spacial score (nSPS) is 20.2. The first-order chi connectivity index (χ1) is 7.92. The van der Waals surface area contributed by atoms with Crippen molar-refractivity contribution < 1.29 is 5.11 Å². The number of hydrogen-bond acceptors (Lipinski definition) is 2. The highest BCUT2D eigenvalue weighted by molar-refractivity contribution is 5.31. The molecule has 0 aromatic heterocycles. The van der Waals surface area contributed by atoms with Gasteiger partial charge in [-0.2, -0.15) is 0 Å². The van der Waals surface area contributed by atoms with Gasteiger partial charge in [0.25, 0.3) is 0 Å². The SMILES string of the molecule is CC(C)(O)c1ccc(C2(N)CCCCC2)cc1. The van der Waals surface area contributed by atoms with E-state index >= 15 is 0 Å². The predicted molar refractivity (Wildman–Crippen MR) is 70.6 cm³/mol. The summed E-state index contributed by atoms with van der Waals surface area (Å²) < 4.78 is 0. The Bertz CT molecular complexity index is 369. The lowest BCUT2D eigenvalue weighted by Crippen LogP contribution is -2.38. The fraction of sp³-hybridized carbons (Fsp3) is 0.600. The zero-order chi connectivity index (χ0) is 12.5. The molecule has 0 aliphatic heterocycles. The second kappa shape index (κ2) is 4.43. The molecule has 0 spiro atoms. The quantitative estimate of drug-likeness (QED) is 0.824. The summed E-state index contributed by atoms with van der Waals surface area (Å²) in [6, 6.07) is 8.16. The van der Waals surface area contributed by atoms with Crippen molar-refractivity contribution in [3.05, 3.63) is 35.4 Å². The first-order valence-electron chi connectivity index (χ1n) is 6.54. The first-order valence-corrected chi connectivity index (χ1v) is 6.54. The number of hydrogen-bond donors (Lipinski definition) is 2. The number of nitrogens with two attached hydrogens (primary N) is 1. The Morgan fingerprint density at radius 1 is 1.06 bits per heavy atom. The van der Waals surface area contributed by atoms with Crippen molar-refractivity contribution in [2.75, 3.05) is 0 Å². The summed E-state index contributed by atoms with van der Waals surface area (Å²) in [6.45, 7) is 3.61. The van der Waals surface area contributed by atoms with E-state index < -0.39 is 5.60 Å². The predicted octanol–water partition coefficient (Wildman–Crippen LogP) is 3.03. The molecular formula is C15H23NO. The summed E-state index contributed by atoms with van der Waals surface area (Å²) in [5, 5.41) is 9.92. The van der Waals surface area contributed by atoms with Gasteiger partial charge in [-0.05, 0) is 37.8 Å². The number of benzene rings is 1. The van der Waals surface area contributed by atoms with Crippen molar-refractivity contribution in [3.63, 3.8) is 0 Å². The van der Waals surface area contributed by atoms with Gasteiger partial charge in [0.05, 0.1) is 5.60 Å². The van der Waals surface area contributed by atoms with Crippen LogP contribution in [0.1, 0.15) is 57.1 Å². The Kier molecular flexibility index (Phi) is 3.28. The van der Waals surface area contributed by atoms with Crippen LogP contribution < -0.4 is 5.73 Å². The number of aliphatic hydroxyl groups is 1. The van der Waals surface area contributed by atoms with Crippen LogP contribution in [0.4, 0.5) is 0 Å². The third kappa shape index (κ3) is 2.70. The molecule has 0 amide bonds. The van der Waals surface area contributed by atoms with Gasteiger partial charge in [0.2, 0.25) is 0 Å². The molecule has 0 atom stereocenters. The maximum absolute atomic E-state index is 9.92. The Morgan fingerprint density at radius 3 is 2.06 bits per heavy atom. The average molecular weight is 233 g/mol. The van der Waals surface area contributed by atoms with E-state index in [0.717, 1.165) is 18.4 Å². The molecule has 0 unspecified atom stereocenters. The van der Waals surface area contributed by atoms with Crippen LogP contribution in [0, 0.1) is 0 Å². The molecule has 94 valence electrons. The van der Waals surface area contributed by atoms with Crippen LogP contribution in [0.15, 0.2) is 24.3 Å². The summed E-state index contributed by atoms with van der Waals surface area (Å²) in [5.74, 6) is 0. The van der Waals surface area contributed by atoms with Gasteiger partial charge in [0.1, 0.15) is 0 Å². The van der Waals surface area contributed by atoms with Crippen LogP contribution in [0.25, 0.3) is 0 Å². The molecule has 3 N–H and O–H groups in total. The van der Waals surface area contributed by atoms with Gasteiger partial charge in [-0.25, -0.2) is 0 Å². The molecule has 1 aliphatic carbocycles. The Labute approximate surface area is 104 Å². The zero-order valence-corrected chi connectivity index (χ0v) is 10.9. The van der Waals surface area contributed by atoms with Crippen molar-refractivity contribution in [3.8, 4) is 0 Å². The van der Waals surface area contributed by atoms with Gasteiger partial charge in [0.15, 0.2) is 0 Å². The van der Waals surface area contributed by atoms with Crippen LogP contribution >= 0.6 is 0 Å². The van der Waals surface area contributed by atoms with Crippen molar-refractivity contribution in [1.82, 2.24) is 0 Å². The minimum absolute atomic E-state index is 0.142. The molecule has 1 aromatic carbocycles. The maximum Gasteiger partial charge on any atom is 0.0840 e. The smallest absolute Gasteiger partial charge is 0.0840 e. The molecule has 17 heavy (non-hydrogen) atoms. The molecule has 1 saturated carbocycles. The van der Waals surface area contributed by atoms with Crippen molar-refractivity contribution in [2.24, 2.45) is 5.73 Å². The average Bonchev–Trinajstić information content (AvgIpc) is 2.29. The van der Waals surface area contributed by atoms with Crippen LogP contribution in [0.3, 0.4) is 0 Å². The summed E-state index contributed by atoms with van der Waals surface area (Å²) >= 11 is 0. The largest absolute Gasteiger partial charge is 0.386 e. The fourth-order valence-electron chi connectivity index (χ4n) is 2.68. The molecule has 2 rings (SSSR count). The highest BCUT2D eigenvalue weighted by atomic mass is 16.3. The Balaban J connectivity index is 2.23. The van der Waals surface area contributed by atoms with Crippen LogP contribution in [0.2, 0.25) is 0 Å². The Morgan fingerprint density at radius 2 is 1.59 bits per heavy atom. The molecule has 0 radical (unpaired) electrons. The molecule has 2 heteroatoms. The van der Waals surface area contributed by atoms with E-state index in [1.807, 2.05) is 12.1 Å². The molecule has 1 aliphatic rings. The zero-order valence-electron chi connectivity index (χ0n) is 10.9. The van der Waals surface area contributed by atoms with Gasteiger partial charge in [-0.15, -0.1) is 0 Å². The minimum Gasteiger partial charge on any atom is -0.386 e. The summed E-state index contributed by atoms with van der Waals surface area (Å²) in [6.07, 6.45) is 5.91. The lowest BCUT2D eigenvalue weighted by atomic mass is 9.77. The van der Waals surface area contributed by atoms with Crippen LogP contribution in [-0.2, 0) is 11.1 Å². The lowest BCUT2D eigenvalue weighted by molar-refractivity contribution is 0.0785. The van der Waals surface area contributed by atoms with E-state index in [9.17, 15) is 5.11 Å². The topological polar surface area (TPSA) is 46.2 Å². The molecule has 0 saturated heterocycles. The van der Waals surface area contributed by atoms with Crippen molar-refractivity contribution in [1.29, 1.82) is 0 Å². The second-order valence-electron chi connectivity index (χ2n) is 5.85. The van der Waals surface area contributed by atoms with Crippen molar-refractivity contribution >= 4 is 0 Å². The molecule has 0 heterocycles. The molecule has 1 fully saturated rings. The number of rotatable bonds is 2. The van der Waals surface area contributed by atoms with Gasteiger partial charge in [-0.1, -0.05) is 43.5 Å². The fourth-order valence-corrected chi connectivity index (χ4v) is 2.68. The second-order valence-corrected chi connectivity index (χ2v) is 5.85. The van der Waals surface area contributed by atoms with Gasteiger partial charge in [0, 0.05) is 5.54 Å². The van der Waals surface area contributed by atoms with E-state index in [1.165, 1.54) is 24.8 Å². The summed E-state index contributed by atoms with van der Waals surface area (Å²) in [4.78, 5) is 0. The third-order valence-electron chi connectivity index (χ3n) is 3.91. The summed E-state index contributed by atoms with van der Waals surface area (Å²) in [7, 11) is 0. The van der Waals surface area contributed by atoms with Gasteiger partial charge >= 0.3 is 0 Å². The summed E-state index contributed by atoms with van der Waals surface area (Å²) in [5.41, 5.74) is 7.72. The Hall–Kier alpha value is -0.860. The standard InChI is InChI=1S/C15H23NO/c1-14(2,17)12-6-8-13(9-7-12)15(16)10-4-3-5-11-15/h6-9,17H,3-5,10-11,16H2,1-2H3. The van der Waals surface area contributed by atoms with Crippen LogP contribution in [-0.4, -0.2) is 5.11 Å². The lowest BCUT2D eigenvalue weighted by Gasteiger charge is -2.34. The highest BCUT2D eigenvalue weighted by Crippen LogP contribution is 2.35.